The lowest BCUT2D eigenvalue weighted by Gasteiger charge is -2.08. The van der Waals surface area contributed by atoms with Gasteiger partial charge in [0.25, 0.3) is 0 Å². The summed E-state index contributed by atoms with van der Waals surface area (Å²) < 4.78 is 4.99. The van der Waals surface area contributed by atoms with Gasteiger partial charge in [0.1, 0.15) is 0 Å². The van der Waals surface area contributed by atoms with Gasteiger partial charge in [0.2, 0.25) is 0 Å². The van der Waals surface area contributed by atoms with Crippen molar-refractivity contribution in [1.82, 2.24) is 0 Å². The second-order valence-corrected chi connectivity index (χ2v) is 3.48. The lowest BCUT2D eigenvalue weighted by molar-refractivity contribution is 0.185. The highest BCUT2D eigenvalue weighted by Crippen LogP contribution is 2.21. The first-order chi connectivity index (χ1) is 6.15. The molecule has 0 saturated carbocycles. The molecule has 2 nitrogen and oxygen atoms in total. The molecule has 1 atom stereocenters. The van der Waals surface area contributed by atoms with Crippen molar-refractivity contribution in [3.05, 3.63) is 34.3 Å². The van der Waals surface area contributed by atoms with E-state index in [1.807, 2.05) is 25.1 Å². The third kappa shape index (κ3) is 2.69. The molecule has 1 rings (SSSR count). The van der Waals surface area contributed by atoms with Gasteiger partial charge in [-0.15, -0.1) is 0 Å². The number of halogens is 1. The van der Waals surface area contributed by atoms with E-state index in [-0.39, 0.29) is 6.04 Å². The van der Waals surface area contributed by atoms with Crippen LogP contribution in [0.2, 0.25) is 5.02 Å². The average molecular weight is 200 g/mol. The molecule has 0 aliphatic carbocycles. The number of benzene rings is 1. The highest BCUT2D eigenvalue weighted by Gasteiger charge is 2.03. The van der Waals surface area contributed by atoms with E-state index in [2.05, 4.69) is 0 Å². The Bertz CT molecular complexity index is 286. The molecular formula is C10H14ClNO. The Morgan fingerprint density at radius 3 is 2.69 bits per heavy atom. The van der Waals surface area contributed by atoms with E-state index in [1.54, 1.807) is 7.11 Å². The minimum atomic E-state index is 0.0223. The predicted octanol–water partition coefficient (Wildman–Crippen LogP) is 2.51. The highest BCUT2D eigenvalue weighted by molar-refractivity contribution is 6.31. The second kappa shape index (κ2) is 4.61. The monoisotopic (exact) mass is 199 g/mol. The van der Waals surface area contributed by atoms with Crippen LogP contribution in [0.4, 0.5) is 0 Å². The fourth-order valence-corrected chi connectivity index (χ4v) is 1.36. The Kier molecular flexibility index (Phi) is 3.72. The fourth-order valence-electron chi connectivity index (χ4n) is 1.12. The van der Waals surface area contributed by atoms with Crippen LogP contribution in [-0.2, 0) is 11.3 Å². The smallest absolute Gasteiger partial charge is 0.0727 e. The molecule has 3 heteroatoms. The van der Waals surface area contributed by atoms with Gasteiger partial charge >= 0.3 is 0 Å². The molecule has 0 aliphatic rings. The zero-order chi connectivity index (χ0) is 9.84. The van der Waals surface area contributed by atoms with Crippen LogP contribution in [0.3, 0.4) is 0 Å². The quantitative estimate of drug-likeness (QED) is 0.812. The third-order valence-electron chi connectivity index (χ3n) is 1.90. The molecule has 0 saturated heterocycles. The number of rotatable bonds is 3. The Morgan fingerprint density at radius 1 is 1.54 bits per heavy atom. The molecule has 1 aromatic rings. The molecule has 13 heavy (non-hydrogen) atoms. The van der Waals surface area contributed by atoms with Gasteiger partial charge in [-0.05, 0) is 24.1 Å². The Morgan fingerprint density at radius 2 is 2.23 bits per heavy atom. The molecule has 1 unspecified atom stereocenters. The SMILES string of the molecule is COCc1ccc(C(C)N)cc1Cl. The molecule has 0 aromatic heterocycles. The number of ether oxygens (including phenoxy) is 1. The van der Waals surface area contributed by atoms with Crippen LogP contribution in [0.5, 0.6) is 0 Å². The van der Waals surface area contributed by atoms with Gasteiger partial charge in [0.05, 0.1) is 6.61 Å². The maximum absolute atomic E-state index is 6.02. The number of hydrogen-bond acceptors (Lipinski definition) is 2. The minimum absolute atomic E-state index is 0.0223. The van der Waals surface area contributed by atoms with E-state index in [4.69, 9.17) is 22.1 Å². The van der Waals surface area contributed by atoms with Crippen LogP contribution in [0, 0.1) is 0 Å². The van der Waals surface area contributed by atoms with E-state index in [0.717, 1.165) is 16.1 Å². The first-order valence-corrected chi connectivity index (χ1v) is 4.55. The van der Waals surface area contributed by atoms with Crippen LogP contribution in [0.15, 0.2) is 18.2 Å². The van der Waals surface area contributed by atoms with Crippen molar-refractivity contribution in [2.45, 2.75) is 19.6 Å². The van der Waals surface area contributed by atoms with E-state index >= 15 is 0 Å². The molecule has 0 radical (unpaired) electrons. The van der Waals surface area contributed by atoms with Crippen molar-refractivity contribution in [3.8, 4) is 0 Å². The number of nitrogens with two attached hydrogens (primary N) is 1. The summed E-state index contributed by atoms with van der Waals surface area (Å²) in [6, 6.07) is 5.84. The summed E-state index contributed by atoms with van der Waals surface area (Å²) in [5, 5.41) is 0.719. The maximum atomic E-state index is 6.02. The van der Waals surface area contributed by atoms with Gasteiger partial charge in [0.15, 0.2) is 0 Å². The highest BCUT2D eigenvalue weighted by atomic mass is 35.5. The Balaban J connectivity index is 2.92. The lowest BCUT2D eigenvalue weighted by atomic mass is 10.1. The van der Waals surface area contributed by atoms with E-state index in [1.165, 1.54) is 0 Å². The summed E-state index contributed by atoms with van der Waals surface area (Å²) in [6.07, 6.45) is 0. The van der Waals surface area contributed by atoms with Crippen LogP contribution < -0.4 is 5.73 Å². The molecule has 0 amide bonds. The first kappa shape index (κ1) is 10.5. The standard InChI is InChI=1S/C10H14ClNO/c1-7(12)8-3-4-9(6-13-2)10(11)5-8/h3-5,7H,6,12H2,1-2H3. The van der Waals surface area contributed by atoms with Crippen LogP contribution in [0.1, 0.15) is 24.1 Å². The van der Waals surface area contributed by atoms with Crippen LogP contribution in [0.25, 0.3) is 0 Å². The normalized spacial score (nSPS) is 12.9. The van der Waals surface area contributed by atoms with Crippen molar-refractivity contribution in [2.75, 3.05) is 7.11 Å². The van der Waals surface area contributed by atoms with Gasteiger partial charge < -0.3 is 10.5 Å². The molecule has 0 heterocycles. The van der Waals surface area contributed by atoms with E-state index < -0.39 is 0 Å². The topological polar surface area (TPSA) is 35.2 Å². The summed E-state index contributed by atoms with van der Waals surface area (Å²) in [5.74, 6) is 0. The van der Waals surface area contributed by atoms with Gasteiger partial charge in [-0.1, -0.05) is 23.7 Å². The molecule has 0 spiro atoms. The van der Waals surface area contributed by atoms with Crippen molar-refractivity contribution >= 4 is 11.6 Å². The third-order valence-corrected chi connectivity index (χ3v) is 2.25. The molecule has 0 aliphatic heterocycles. The summed E-state index contributed by atoms with van der Waals surface area (Å²) in [6.45, 7) is 2.47. The molecule has 0 fully saturated rings. The Hall–Kier alpha value is -0.570. The maximum Gasteiger partial charge on any atom is 0.0727 e. The second-order valence-electron chi connectivity index (χ2n) is 3.07. The molecule has 1 aromatic carbocycles. The summed E-state index contributed by atoms with van der Waals surface area (Å²) in [7, 11) is 1.65. The zero-order valence-electron chi connectivity index (χ0n) is 7.88. The Labute approximate surface area is 83.6 Å². The molecule has 72 valence electrons. The predicted molar refractivity (Wildman–Crippen MR) is 54.8 cm³/mol. The van der Waals surface area contributed by atoms with Gasteiger partial charge in [-0.25, -0.2) is 0 Å². The lowest BCUT2D eigenvalue weighted by Crippen LogP contribution is -2.05. The van der Waals surface area contributed by atoms with Gasteiger partial charge in [0, 0.05) is 18.2 Å². The first-order valence-electron chi connectivity index (χ1n) is 4.18. The van der Waals surface area contributed by atoms with Crippen molar-refractivity contribution < 1.29 is 4.74 Å². The zero-order valence-corrected chi connectivity index (χ0v) is 8.64. The fraction of sp³-hybridized carbons (Fsp3) is 0.400. The number of hydrogen-bond donors (Lipinski definition) is 1. The summed E-state index contributed by atoms with van der Waals surface area (Å²) in [4.78, 5) is 0. The van der Waals surface area contributed by atoms with Crippen molar-refractivity contribution in [2.24, 2.45) is 5.73 Å². The summed E-state index contributed by atoms with van der Waals surface area (Å²) in [5.41, 5.74) is 7.76. The molecule has 0 bridgehead atoms. The van der Waals surface area contributed by atoms with Gasteiger partial charge in [-0.3, -0.25) is 0 Å². The minimum Gasteiger partial charge on any atom is -0.380 e. The molecular weight excluding hydrogens is 186 g/mol. The van der Waals surface area contributed by atoms with E-state index in [9.17, 15) is 0 Å². The van der Waals surface area contributed by atoms with Crippen molar-refractivity contribution in [1.29, 1.82) is 0 Å². The van der Waals surface area contributed by atoms with Crippen molar-refractivity contribution in [3.63, 3.8) is 0 Å². The van der Waals surface area contributed by atoms with Crippen LogP contribution in [-0.4, -0.2) is 7.11 Å². The largest absolute Gasteiger partial charge is 0.380 e. The van der Waals surface area contributed by atoms with Crippen LogP contribution >= 0.6 is 11.6 Å². The molecule has 2 N–H and O–H groups in total. The summed E-state index contributed by atoms with van der Waals surface area (Å²) >= 11 is 6.02. The van der Waals surface area contributed by atoms with Gasteiger partial charge in [-0.2, -0.15) is 0 Å². The van der Waals surface area contributed by atoms with E-state index in [0.29, 0.717) is 6.61 Å². The number of methoxy groups -OCH3 is 1. The average Bonchev–Trinajstić information content (AvgIpc) is 2.08.